The van der Waals surface area contributed by atoms with Crippen LogP contribution in [0.15, 0.2) is 21.5 Å². The molecular weight excluding hydrogens is 358 g/mol. The van der Waals surface area contributed by atoms with Crippen LogP contribution in [0.1, 0.15) is 13.3 Å². The van der Waals surface area contributed by atoms with Crippen LogP contribution in [0.5, 0.6) is 0 Å². The van der Waals surface area contributed by atoms with Crippen LogP contribution < -0.4 is 15.8 Å². The van der Waals surface area contributed by atoms with Gasteiger partial charge in [0, 0.05) is 17.3 Å². The summed E-state index contributed by atoms with van der Waals surface area (Å²) in [5, 5.41) is 2.56. The molecular formula is C10H13BrClN3O3S. The zero-order valence-electron chi connectivity index (χ0n) is 10.0. The number of hydrogen-bond acceptors (Lipinski definition) is 4. The lowest BCUT2D eigenvalue weighted by atomic mass is 10.3. The molecule has 9 heteroatoms. The van der Waals surface area contributed by atoms with E-state index in [2.05, 4.69) is 21.2 Å². The van der Waals surface area contributed by atoms with E-state index in [1.165, 1.54) is 12.1 Å². The van der Waals surface area contributed by atoms with Gasteiger partial charge >= 0.3 is 6.03 Å². The molecule has 0 radical (unpaired) electrons. The maximum Gasteiger partial charge on any atom is 0.328 e. The third kappa shape index (κ3) is 4.26. The quantitative estimate of drug-likeness (QED) is 0.706. The number of carbonyl (C=O) groups excluding carboxylic acids is 1. The number of nitrogens with two attached hydrogens (primary N) is 1. The average Bonchev–Trinajstić information content (AvgIpc) is 2.30. The molecule has 0 unspecified atom stereocenters. The molecule has 2 amide bonds. The number of amides is 2. The highest BCUT2D eigenvalue weighted by atomic mass is 79.9. The molecule has 6 nitrogen and oxygen atoms in total. The van der Waals surface area contributed by atoms with Gasteiger partial charge in [0.25, 0.3) is 10.0 Å². The van der Waals surface area contributed by atoms with Crippen molar-refractivity contribution in [1.29, 1.82) is 0 Å². The zero-order chi connectivity index (χ0) is 14.6. The summed E-state index contributed by atoms with van der Waals surface area (Å²) in [6.07, 6.45) is 0.696. The molecule has 0 atom stereocenters. The molecule has 0 aliphatic carbocycles. The molecule has 1 aromatic carbocycles. The third-order valence-electron chi connectivity index (χ3n) is 2.08. The topological polar surface area (TPSA) is 101 Å². The van der Waals surface area contributed by atoms with E-state index in [0.29, 0.717) is 13.0 Å². The minimum atomic E-state index is -4.04. The van der Waals surface area contributed by atoms with Crippen molar-refractivity contribution in [2.45, 2.75) is 18.2 Å². The van der Waals surface area contributed by atoms with Crippen molar-refractivity contribution in [3.8, 4) is 0 Å². The average molecular weight is 371 g/mol. The Morgan fingerprint density at radius 3 is 2.68 bits per heavy atom. The fourth-order valence-corrected chi connectivity index (χ4v) is 3.45. The summed E-state index contributed by atoms with van der Waals surface area (Å²) in [6, 6.07) is 1.81. The molecule has 0 aliphatic heterocycles. The first-order chi connectivity index (χ1) is 8.77. The largest absolute Gasteiger partial charge is 0.398 e. The fraction of sp³-hybridized carbons (Fsp3) is 0.300. The number of nitrogen functional groups attached to an aromatic ring is 1. The molecule has 0 aliphatic rings. The van der Waals surface area contributed by atoms with Crippen molar-refractivity contribution >= 4 is 49.3 Å². The molecule has 19 heavy (non-hydrogen) atoms. The van der Waals surface area contributed by atoms with E-state index < -0.39 is 16.1 Å². The van der Waals surface area contributed by atoms with Gasteiger partial charge in [0.1, 0.15) is 4.90 Å². The number of benzene rings is 1. The van der Waals surface area contributed by atoms with Crippen molar-refractivity contribution < 1.29 is 13.2 Å². The van der Waals surface area contributed by atoms with Crippen LogP contribution in [0.3, 0.4) is 0 Å². The Labute approximate surface area is 124 Å². The molecule has 1 aromatic rings. The maximum atomic E-state index is 12.0. The summed E-state index contributed by atoms with van der Waals surface area (Å²) in [7, 11) is -4.04. The lowest BCUT2D eigenvalue weighted by molar-refractivity contribution is 0.246. The van der Waals surface area contributed by atoms with Crippen LogP contribution >= 0.6 is 27.5 Å². The van der Waals surface area contributed by atoms with E-state index in [4.69, 9.17) is 17.3 Å². The van der Waals surface area contributed by atoms with E-state index in [1.807, 2.05) is 11.6 Å². The first kappa shape index (κ1) is 16.1. The Kier molecular flexibility index (Phi) is 5.45. The van der Waals surface area contributed by atoms with E-state index in [9.17, 15) is 13.2 Å². The van der Waals surface area contributed by atoms with E-state index in [1.54, 1.807) is 0 Å². The summed E-state index contributed by atoms with van der Waals surface area (Å²) >= 11 is 8.81. The Bertz CT molecular complexity index is 592. The third-order valence-corrected chi connectivity index (χ3v) is 4.81. The van der Waals surface area contributed by atoms with Crippen LogP contribution in [0.4, 0.5) is 10.5 Å². The Hall–Kier alpha value is -0.990. The summed E-state index contributed by atoms with van der Waals surface area (Å²) in [6.45, 7) is 2.23. The van der Waals surface area contributed by atoms with Gasteiger partial charge in [-0.15, -0.1) is 0 Å². The Morgan fingerprint density at radius 2 is 2.11 bits per heavy atom. The lowest BCUT2D eigenvalue weighted by Crippen LogP contribution is -2.39. The molecule has 0 saturated heterocycles. The number of sulfonamides is 1. The highest BCUT2D eigenvalue weighted by molar-refractivity contribution is 9.10. The summed E-state index contributed by atoms with van der Waals surface area (Å²) in [5.74, 6) is 0. The van der Waals surface area contributed by atoms with Gasteiger partial charge in [-0.3, -0.25) is 0 Å². The number of halogens is 2. The monoisotopic (exact) mass is 369 g/mol. The van der Waals surface area contributed by atoms with Crippen LogP contribution in [-0.4, -0.2) is 21.0 Å². The first-order valence-corrected chi connectivity index (χ1v) is 7.98. The molecule has 0 saturated carbocycles. The maximum absolute atomic E-state index is 12.0. The number of hydrogen-bond donors (Lipinski definition) is 3. The molecule has 0 aromatic heterocycles. The van der Waals surface area contributed by atoms with Gasteiger partial charge in [0.05, 0.1) is 4.47 Å². The number of carbonyl (C=O) groups is 1. The fourth-order valence-electron chi connectivity index (χ4n) is 1.23. The predicted octanol–water partition coefficient (Wildman–Crippen LogP) is 2.08. The second kappa shape index (κ2) is 6.44. The van der Waals surface area contributed by atoms with Gasteiger partial charge in [-0.05, 0) is 34.5 Å². The Balaban J connectivity index is 3.04. The van der Waals surface area contributed by atoms with Gasteiger partial charge in [0.2, 0.25) is 0 Å². The predicted molar refractivity (Wildman–Crippen MR) is 77.6 cm³/mol. The SMILES string of the molecule is CCCNC(=O)NS(=O)(=O)c1cc(Cl)cc(N)c1Br. The lowest BCUT2D eigenvalue weighted by Gasteiger charge is -2.11. The van der Waals surface area contributed by atoms with Gasteiger partial charge in [0.15, 0.2) is 0 Å². The number of anilines is 1. The van der Waals surface area contributed by atoms with Crippen molar-refractivity contribution in [1.82, 2.24) is 10.0 Å². The summed E-state index contributed by atoms with van der Waals surface area (Å²) in [4.78, 5) is 11.2. The second-order valence-corrected chi connectivity index (χ2v) is 6.55. The number of nitrogens with one attached hydrogen (secondary N) is 2. The highest BCUT2D eigenvalue weighted by Crippen LogP contribution is 2.31. The molecule has 0 bridgehead atoms. The number of urea groups is 1. The Morgan fingerprint density at radius 1 is 1.47 bits per heavy atom. The van der Waals surface area contributed by atoms with Gasteiger partial charge in [-0.2, -0.15) is 0 Å². The van der Waals surface area contributed by atoms with Crippen molar-refractivity contribution in [2.24, 2.45) is 0 Å². The van der Waals surface area contributed by atoms with E-state index in [-0.39, 0.29) is 20.1 Å². The first-order valence-electron chi connectivity index (χ1n) is 5.33. The van der Waals surface area contributed by atoms with Crippen molar-refractivity contribution in [3.05, 3.63) is 21.6 Å². The van der Waals surface area contributed by atoms with Crippen molar-refractivity contribution in [3.63, 3.8) is 0 Å². The molecule has 0 spiro atoms. The van der Waals surface area contributed by atoms with Crippen LogP contribution in [-0.2, 0) is 10.0 Å². The van der Waals surface area contributed by atoms with Crippen LogP contribution in [0, 0.1) is 0 Å². The molecule has 106 valence electrons. The summed E-state index contributed by atoms with van der Waals surface area (Å²) in [5.41, 5.74) is 5.77. The minimum absolute atomic E-state index is 0.160. The summed E-state index contributed by atoms with van der Waals surface area (Å²) < 4.78 is 26.1. The molecule has 0 heterocycles. The molecule has 1 rings (SSSR count). The van der Waals surface area contributed by atoms with E-state index >= 15 is 0 Å². The van der Waals surface area contributed by atoms with Gasteiger partial charge < -0.3 is 11.1 Å². The van der Waals surface area contributed by atoms with Crippen LogP contribution in [0.2, 0.25) is 5.02 Å². The smallest absolute Gasteiger partial charge is 0.328 e. The van der Waals surface area contributed by atoms with Gasteiger partial charge in [-0.1, -0.05) is 18.5 Å². The minimum Gasteiger partial charge on any atom is -0.398 e. The standard InChI is InChI=1S/C10H13BrClN3O3S/c1-2-3-14-10(16)15-19(17,18)8-5-6(12)4-7(13)9(8)11/h4-5H,2-3,13H2,1H3,(H2,14,15,16). The number of rotatable bonds is 4. The second-order valence-electron chi connectivity index (χ2n) is 3.67. The zero-order valence-corrected chi connectivity index (χ0v) is 13.2. The molecule has 0 fully saturated rings. The van der Waals surface area contributed by atoms with Crippen molar-refractivity contribution in [2.75, 3.05) is 12.3 Å². The molecule has 4 N–H and O–H groups in total. The van der Waals surface area contributed by atoms with Crippen LogP contribution in [0.25, 0.3) is 0 Å². The normalized spacial score (nSPS) is 11.1. The van der Waals surface area contributed by atoms with E-state index in [0.717, 1.165) is 0 Å². The van der Waals surface area contributed by atoms with Gasteiger partial charge in [-0.25, -0.2) is 17.9 Å². The highest BCUT2D eigenvalue weighted by Gasteiger charge is 2.22.